The highest BCUT2D eigenvalue weighted by Gasteiger charge is 2.57. The Morgan fingerprint density at radius 3 is 2.26 bits per heavy atom. The first-order valence-electron chi connectivity index (χ1n) is 14.9. The number of anilines is 2. The van der Waals surface area contributed by atoms with Crippen molar-refractivity contribution < 1.29 is 38.9 Å². The summed E-state index contributed by atoms with van der Waals surface area (Å²) in [5, 5.41) is 34.4. The molecule has 4 aliphatic rings. The molecule has 0 bridgehead atoms. The zero-order valence-corrected chi connectivity index (χ0v) is 25.9. The van der Waals surface area contributed by atoms with E-state index in [1.165, 1.54) is 38.1 Å². The number of nitrogens with zero attached hydrogens (tertiary/aromatic N) is 4. The highest BCUT2D eigenvalue weighted by atomic mass is 16.6. The number of Topliss-reactive ketones (excluding diaryl/α,β-unsaturated/α-hetero) is 1. The molecule has 0 unspecified atom stereocenters. The molecule has 2 aromatic carbocycles. The number of hydrogen-bond acceptors (Lipinski definition) is 11. The number of aromatic hydroxyl groups is 1. The maximum Gasteiger partial charge on any atom is 0.301 e. The van der Waals surface area contributed by atoms with Gasteiger partial charge in [0, 0.05) is 48.9 Å². The van der Waals surface area contributed by atoms with Gasteiger partial charge in [0.2, 0.25) is 11.8 Å². The highest BCUT2D eigenvalue weighted by molar-refractivity contribution is 6.25. The van der Waals surface area contributed by atoms with Crippen LogP contribution < -0.4 is 14.5 Å². The van der Waals surface area contributed by atoms with E-state index in [9.17, 15) is 44.5 Å². The van der Waals surface area contributed by atoms with Crippen LogP contribution in [0.5, 0.6) is 11.5 Å². The van der Waals surface area contributed by atoms with E-state index in [0.29, 0.717) is 11.1 Å². The van der Waals surface area contributed by atoms with Crippen LogP contribution in [0, 0.1) is 38.0 Å². The number of fused-ring (bicyclic) bond motifs is 3. The lowest BCUT2D eigenvalue weighted by Crippen LogP contribution is -2.39. The fraction of sp³-hybridized carbons (Fsp3) is 0.333. The minimum atomic E-state index is -1.01. The Hall–Kier alpha value is -5.66. The number of ether oxygens (including phenoxy) is 1. The number of carbonyl (C=O) groups excluding carboxylic acids is 4. The molecule has 14 nitrogen and oxygen atoms in total. The fourth-order valence-corrected chi connectivity index (χ4v) is 7.45. The van der Waals surface area contributed by atoms with Crippen LogP contribution in [0.1, 0.15) is 38.2 Å². The second kappa shape index (κ2) is 11.3. The van der Waals surface area contributed by atoms with Crippen molar-refractivity contribution in [3.8, 4) is 11.5 Å². The third-order valence-electron chi connectivity index (χ3n) is 9.33. The van der Waals surface area contributed by atoms with Crippen molar-refractivity contribution in [2.24, 2.45) is 17.8 Å². The Bertz CT molecular complexity index is 1890. The van der Waals surface area contributed by atoms with E-state index >= 15 is 0 Å². The Morgan fingerprint density at radius 1 is 1.00 bits per heavy atom. The van der Waals surface area contributed by atoms with E-state index < -0.39 is 56.7 Å². The second-order valence-corrected chi connectivity index (χ2v) is 12.1. The topological polar surface area (TPSA) is 190 Å². The predicted octanol–water partition coefficient (Wildman–Crippen LogP) is 4.31. The molecule has 0 aromatic heterocycles. The number of phenols is 1. The first kappa shape index (κ1) is 31.3. The maximum atomic E-state index is 14.3. The molecule has 0 saturated carbocycles. The first-order chi connectivity index (χ1) is 22.3. The van der Waals surface area contributed by atoms with Gasteiger partial charge in [-0.3, -0.25) is 39.4 Å². The van der Waals surface area contributed by atoms with E-state index in [2.05, 4.69) is 0 Å². The summed E-state index contributed by atoms with van der Waals surface area (Å²) in [6.07, 6.45) is 3.17. The summed E-state index contributed by atoms with van der Waals surface area (Å²) in [7, 11) is 2.82. The standard InChI is InChI=1S/C33H30N4O10/c1-5-47-26-11-16(6-9-24(26)38)27-18-7-8-19-28(20(18)14-21-29(27)25(39)10-15(2)31(21)40)33(42)35(32(19)41)17-12-22(36(43)44)30(34(3)4)23(13-17)37(45)46/h6-7,9-13,19-20,27-28,38H,5,8,14H2,1-4H3/t19-,20+,27-,28-/m0/s1. The van der Waals surface area contributed by atoms with Gasteiger partial charge in [-0.2, -0.15) is 0 Å². The van der Waals surface area contributed by atoms with Gasteiger partial charge >= 0.3 is 11.4 Å². The average molecular weight is 643 g/mol. The molecule has 0 spiro atoms. The molecule has 2 amide bonds. The molecule has 3 aliphatic carbocycles. The van der Waals surface area contributed by atoms with Crippen molar-refractivity contribution in [2.45, 2.75) is 32.6 Å². The van der Waals surface area contributed by atoms with Crippen LogP contribution in [0.3, 0.4) is 0 Å². The normalized spacial score (nSPS) is 23.5. The number of amides is 2. The van der Waals surface area contributed by atoms with Gasteiger partial charge in [-0.05, 0) is 56.4 Å². The monoisotopic (exact) mass is 642 g/mol. The molecule has 4 atom stereocenters. The predicted molar refractivity (Wildman–Crippen MR) is 167 cm³/mol. The number of allylic oxidation sites excluding steroid dienone is 6. The minimum Gasteiger partial charge on any atom is -0.504 e. The molecule has 1 aliphatic heterocycles. The summed E-state index contributed by atoms with van der Waals surface area (Å²) in [6.45, 7) is 3.53. The number of benzene rings is 2. The van der Waals surface area contributed by atoms with Gasteiger partial charge < -0.3 is 14.7 Å². The molecule has 6 rings (SSSR count). The van der Waals surface area contributed by atoms with Crippen molar-refractivity contribution in [3.05, 3.63) is 90.6 Å². The van der Waals surface area contributed by atoms with Crippen molar-refractivity contribution >= 4 is 46.1 Å². The summed E-state index contributed by atoms with van der Waals surface area (Å²) >= 11 is 0. The number of hydrogen-bond donors (Lipinski definition) is 1. The van der Waals surface area contributed by atoms with Crippen molar-refractivity contribution in [1.82, 2.24) is 0 Å². The van der Waals surface area contributed by atoms with Gasteiger partial charge in [0.25, 0.3) is 0 Å². The van der Waals surface area contributed by atoms with E-state index in [0.717, 1.165) is 17.0 Å². The van der Waals surface area contributed by atoms with Crippen LogP contribution in [0.4, 0.5) is 22.7 Å². The average Bonchev–Trinajstić information content (AvgIpc) is 3.28. The number of ketones is 2. The van der Waals surface area contributed by atoms with Crippen LogP contribution in [0.2, 0.25) is 0 Å². The zero-order valence-electron chi connectivity index (χ0n) is 25.9. The SMILES string of the molecule is CCOc1cc([C@H]2C3=CC[C@@H]4C(=O)N(c5cc([N+](=O)[O-])c(N(C)C)c([N+](=O)[O-])c5)C(=O)[C@@H]4[C@@H]3CC3=C2C(=O)C=C(C)C3=O)ccc1O. The number of nitro groups is 2. The lowest BCUT2D eigenvalue weighted by molar-refractivity contribution is -0.392. The van der Waals surface area contributed by atoms with E-state index in [4.69, 9.17) is 4.74 Å². The fourth-order valence-electron chi connectivity index (χ4n) is 7.45. The Balaban J connectivity index is 1.49. The smallest absolute Gasteiger partial charge is 0.301 e. The second-order valence-electron chi connectivity index (χ2n) is 12.1. The van der Waals surface area contributed by atoms with E-state index in [1.54, 1.807) is 25.1 Å². The van der Waals surface area contributed by atoms with Crippen LogP contribution in [0.15, 0.2) is 64.8 Å². The third kappa shape index (κ3) is 4.78. The number of carbonyl (C=O) groups is 4. The van der Waals surface area contributed by atoms with E-state index in [1.807, 2.05) is 0 Å². The van der Waals surface area contributed by atoms with Crippen LogP contribution >= 0.6 is 0 Å². The summed E-state index contributed by atoms with van der Waals surface area (Å²) in [5.41, 5.74) is 0.0421. The third-order valence-corrected chi connectivity index (χ3v) is 9.33. The highest BCUT2D eigenvalue weighted by Crippen LogP contribution is 2.56. The van der Waals surface area contributed by atoms with Gasteiger partial charge in [-0.15, -0.1) is 0 Å². The van der Waals surface area contributed by atoms with Crippen LogP contribution in [-0.2, 0) is 19.2 Å². The summed E-state index contributed by atoms with van der Waals surface area (Å²) in [4.78, 5) is 79.6. The molecule has 47 heavy (non-hydrogen) atoms. The minimum absolute atomic E-state index is 0.00227. The maximum absolute atomic E-state index is 14.3. The first-order valence-corrected chi connectivity index (χ1v) is 14.9. The molecule has 1 heterocycles. The largest absolute Gasteiger partial charge is 0.504 e. The lowest BCUT2D eigenvalue weighted by Gasteiger charge is -2.42. The number of nitro benzene ring substituents is 2. The Morgan fingerprint density at radius 2 is 1.66 bits per heavy atom. The molecule has 2 aromatic rings. The molecule has 1 fully saturated rings. The molecular formula is C33H30N4O10. The molecule has 14 heteroatoms. The molecule has 1 saturated heterocycles. The Kier molecular flexibility index (Phi) is 7.53. The van der Waals surface area contributed by atoms with Gasteiger partial charge in [0.05, 0.1) is 34.0 Å². The number of imide groups is 1. The lowest BCUT2D eigenvalue weighted by atomic mass is 9.59. The van der Waals surface area contributed by atoms with Crippen LogP contribution in [0.25, 0.3) is 0 Å². The number of rotatable bonds is 7. The molecule has 242 valence electrons. The molecule has 0 radical (unpaired) electrons. The van der Waals surface area contributed by atoms with Gasteiger partial charge in [0.15, 0.2) is 28.8 Å². The summed E-state index contributed by atoms with van der Waals surface area (Å²) in [5.74, 6) is -5.45. The van der Waals surface area contributed by atoms with Crippen molar-refractivity contribution in [2.75, 3.05) is 30.5 Å². The summed E-state index contributed by atoms with van der Waals surface area (Å²) < 4.78 is 5.59. The van der Waals surface area contributed by atoms with Crippen molar-refractivity contribution in [1.29, 1.82) is 0 Å². The quantitative estimate of drug-likeness (QED) is 0.149. The van der Waals surface area contributed by atoms with Crippen molar-refractivity contribution in [3.63, 3.8) is 0 Å². The molecule has 1 N–H and O–H groups in total. The summed E-state index contributed by atoms with van der Waals surface area (Å²) in [6, 6.07) is 6.60. The Labute approximate surface area is 267 Å². The van der Waals surface area contributed by atoms with Gasteiger partial charge in [-0.25, -0.2) is 4.90 Å². The van der Waals surface area contributed by atoms with Gasteiger partial charge in [0.1, 0.15) is 0 Å². The zero-order chi connectivity index (χ0) is 34.1. The van der Waals surface area contributed by atoms with Crippen LogP contribution in [-0.4, -0.2) is 59.0 Å². The van der Waals surface area contributed by atoms with E-state index in [-0.39, 0.29) is 70.6 Å². The number of phenolic OH excluding ortho intramolecular Hbond substituents is 1. The molecular weight excluding hydrogens is 612 g/mol. The van der Waals surface area contributed by atoms with Gasteiger partial charge in [-0.1, -0.05) is 17.7 Å².